The molecule has 1 aliphatic rings. The summed E-state index contributed by atoms with van der Waals surface area (Å²) in [4.78, 5) is 26.4. The maximum atomic E-state index is 13.3. The normalized spacial score (nSPS) is 20.2. The van der Waals surface area contributed by atoms with E-state index in [1.165, 1.54) is 77.0 Å². The van der Waals surface area contributed by atoms with Gasteiger partial charge in [-0.05, 0) is 103 Å². The largest absolute Gasteiger partial charge is 0.454 e. The molecule has 8 atom stereocenters. The van der Waals surface area contributed by atoms with E-state index in [0.717, 1.165) is 77.0 Å². The van der Waals surface area contributed by atoms with Crippen molar-refractivity contribution in [1.82, 2.24) is 5.32 Å². The molecular weight excluding hydrogens is 919 g/mol. The summed E-state index contributed by atoms with van der Waals surface area (Å²) in [6.45, 7) is 5.63. The Morgan fingerprint density at radius 2 is 0.945 bits per heavy atom. The van der Waals surface area contributed by atoms with Gasteiger partial charge in [-0.3, -0.25) is 9.59 Å². The second kappa shape index (κ2) is 49.2. The lowest BCUT2D eigenvalue weighted by Crippen LogP contribution is -2.61. The predicted octanol–water partition coefficient (Wildman–Crippen LogP) is 12.9. The third-order valence-corrected chi connectivity index (χ3v) is 12.7. The standard InChI is InChI=1S/C62H103NO10/c1-4-7-10-13-16-19-22-24-26-28-30-32-35-38-41-44-47-50-57(67)73-60-59(69)58(68)56(51-64)72-62(60)71-52-53(54(65)48-45-42-39-36-33-21-18-15-12-9-6-3)63-61(70)55(66)49-46-43-40-37-34-31-29-27-25-23-20-17-14-11-8-5-2/h16-17,19-20,24-27,30-32,34,38,40-41,43,45,48,53-56,58-60,62,64-66,68-69H,4-15,18,21-23,28-29,33,35-37,39,42,44,46-47,49-52H2,1-3H3,(H,63,70)/b19-16-,20-17-,26-24-,27-25-,32-30-,34-31-,41-38-,43-40-,48-45+. The molecule has 1 aliphatic heterocycles. The predicted molar refractivity (Wildman–Crippen MR) is 301 cm³/mol. The van der Waals surface area contributed by atoms with Crippen LogP contribution in [0, 0.1) is 0 Å². The maximum absolute atomic E-state index is 13.3. The van der Waals surface area contributed by atoms with Gasteiger partial charge in [0.1, 0.15) is 24.4 Å². The van der Waals surface area contributed by atoms with Gasteiger partial charge in [0.2, 0.25) is 5.91 Å². The highest BCUT2D eigenvalue weighted by Crippen LogP contribution is 2.26. The van der Waals surface area contributed by atoms with Crippen LogP contribution in [-0.4, -0.2) is 99.6 Å². The molecule has 11 nitrogen and oxygen atoms in total. The van der Waals surface area contributed by atoms with E-state index in [2.05, 4.69) is 99.0 Å². The van der Waals surface area contributed by atoms with Crippen molar-refractivity contribution in [1.29, 1.82) is 0 Å². The number of rotatable bonds is 46. The van der Waals surface area contributed by atoms with E-state index in [1.54, 1.807) is 6.08 Å². The van der Waals surface area contributed by atoms with E-state index in [0.29, 0.717) is 19.3 Å². The Morgan fingerprint density at radius 3 is 1.44 bits per heavy atom. The third kappa shape index (κ3) is 37.7. The summed E-state index contributed by atoms with van der Waals surface area (Å²) in [5.41, 5.74) is 0. The van der Waals surface area contributed by atoms with Crippen molar-refractivity contribution in [3.05, 3.63) is 109 Å². The summed E-state index contributed by atoms with van der Waals surface area (Å²) in [5, 5.41) is 56.7. The van der Waals surface area contributed by atoms with Crippen LogP contribution in [0.2, 0.25) is 0 Å². The Bertz CT molecular complexity index is 1600. The molecule has 0 bridgehead atoms. The Kier molecular flexibility index (Phi) is 45.4. The quantitative estimate of drug-likeness (QED) is 0.0196. The molecule has 0 aromatic carbocycles. The lowest BCUT2D eigenvalue weighted by atomic mass is 9.99. The molecule has 11 heteroatoms. The average Bonchev–Trinajstić information content (AvgIpc) is 3.39. The highest BCUT2D eigenvalue weighted by molar-refractivity contribution is 5.80. The molecule has 73 heavy (non-hydrogen) atoms. The van der Waals surface area contributed by atoms with Gasteiger partial charge in [-0.1, -0.05) is 207 Å². The number of aliphatic hydroxyl groups is 5. The van der Waals surface area contributed by atoms with E-state index in [-0.39, 0.29) is 19.4 Å². The van der Waals surface area contributed by atoms with Gasteiger partial charge in [-0.15, -0.1) is 0 Å². The second-order valence-electron chi connectivity index (χ2n) is 19.3. The van der Waals surface area contributed by atoms with Crippen molar-refractivity contribution in [2.24, 2.45) is 0 Å². The first-order valence-electron chi connectivity index (χ1n) is 28.7. The highest BCUT2D eigenvalue weighted by atomic mass is 16.7. The number of hydrogen-bond donors (Lipinski definition) is 6. The fraction of sp³-hybridized carbons (Fsp3) is 0.677. The maximum Gasteiger partial charge on any atom is 0.306 e. The minimum Gasteiger partial charge on any atom is -0.454 e. The van der Waals surface area contributed by atoms with Crippen molar-refractivity contribution in [3.8, 4) is 0 Å². The first-order valence-corrected chi connectivity index (χ1v) is 28.7. The zero-order valence-electron chi connectivity index (χ0n) is 45.7. The van der Waals surface area contributed by atoms with Crippen LogP contribution in [0.3, 0.4) is 0 Å². The zero-order chi connectivity index (χ0) is 53.3. The number of amides is 1. The molecule has 1 amide bonds. The van der Waals surface area contributed by atoms with Gasteiger partial charge in [-0.25, -0.2) is 0 Å². The van der Waals surface area contributed by atoms with Crippen LogP contribution < -0.4 is 5.32 Å². The van der Waals surface area contributed by atoms with Crippen molar-refractivity contribution in [3.63, 3.8) is 0 Å². The van der Waals surface area contributed by atoms with E-state index >= 15 is 0 Å². The number of unbranched alkanes of at least 4 members (excludes halogenated alkanes) is 16. The van der Waals surface area contributed by atoms with E-state index < -0.39 is 67.4 Å². The molecule has 0 aromatic rings. The van der Waals surface area contributed by atoms with Crippen molar-refractivity contribution >= 4 is 11.9 Å². The van der Waals surface area contributed by atoms with Crippen LogP contribution >= 0.6 is 0 Å². The van der Waals surface area contributed by atoms with Gasteiger partial charge in [0.05, 0.1) is 25.4 Å². The number of allylic oxidation sites excluding steroid dienone is 17. The molecule has 0 aliphatic carbocycles. The van der Waals surface area contributed by atoms with Crippen molar-refractivity contribution in [2.45, 2.75) is 256 Å². The van der Waals surface area contributed by atoms with Crippen LogP contribution in [0.1, 0.15) is 207 Å². The molecule has 0 radical (unpaired) electrons. The fourth-order valence-electron chi connectivity index (χ4n) is 8.04. The monoisotopic (exact) mass is 1020 g/mol. The molecule has 0 saturated carbocycles. The van der Waals surface area contributed by atoms with E-state index in [4.69, 9.17) is 14.2 Å². The summed E-state index contributed by atoms with van der Waals surface area (Å²) in [7, 11) is 0. The second-order valence-corrected chi connectivity index (χ2v) is 19.3. The molecule has 1 rings (SSSR count). The topological polar surface area (TPSA) is 175 Å². The molecule has 1 heterocycles. The number of carbonyl (C=O) groups is 2. The highest BCUT2D eigenvalue weighted by Gasteiger charge is 2.47. The van der Waals surface area contributed by atoms with Crippen molar-refractivity contribution in [2.75, 3.05) is 13.2 Å². The molecule has 1 fully saturated rings. The summed E-state index contributed by atoms with van der Waals surface area (Å²) >= 11 is 0. The van der Waals surface area contributed by atoms with Crippen LogP contribution in [0.5, 0.6) is 0 Å². The lowest BCUT2D eigenvalue weighted by molar-refractivity contribution is -0.305. The summed E-state index contributed by atoms with van der Waals surface area (Å²) in [6, 6.07) is -1.07. The average molecular weight is 1020 g/mol. The van der Waals surface area contributed by atoms with Gasteiger partial charge in [0, 0.05) is 6.42 Å². The molecule has 6 N–H and O–H groups in total. The van der Waals surface area contributed by atoms with Gasteiger partial charge in [-0.2, -0.15) is 0 Å². The molecule has 1 saturated heterocycles. The van der Waals surface area contributed by atoms with Crippen LogP contribution in [-0.2, 0) is 23.8 Å². The first-order chi connectivity index (χ1) is 35.7. The summed E-state index contributed by atoms with van der Waals surface area (Å²) in [5.74, 6) is -1.32. The van der Waals surface area contributed by atoms with Crippen LogP contribution in [0.15, 0.2) is 109 Å². The Balaban J connectivity index is 2.81. The zero-order valence-corrected chi connectivity index (χ0v) is 45.7. The first kappa shape index (κ1) is 67.3. The summed E-state index contributed by atoms with van der Waals surface area (Å²) < 4.78 is 17.5. The SMILES string of the molecule is CCCCC/C=C\C/C=C\C/C=C\C/C=C\CCCC(=O)OC1C(OCC(NC(=O)C(O)CC/C=C\C/C=C\C/C=C\C/C=C\CCCCC)C(O)/C=C/CCCCCCCCCCC)OC(CO)C(O)C1O. The Hall–Kier alpha value is -3.68. The smallest absolute Gasteiger partial charge is 0.306 e. The van der Waals surface area contributed by atoms with Gasteiger partial charge >= 0.3 is 5.97 Å². The number of hydrogen-bond acceptors (Lipinski definition) is 10. The number of ether oxygens (including phenoxy) is 3. The fourth-order valence-corrected chi connectivity index (χ4v) is 8.04. The van der Waals surface area contributed by atoms with Gasteiger partial charge < -0.3 is 45.1 Å². The molecular formula is C62H103NO10. The molecule has 0 spiro atoms. The number of carbonyl (C=O) groups excluding carboxylic acids is 2. The van der Waals surface area contributed by atoms with Gasteiger partial charge in [0.15, 0.2) is 12.4 Å². The number of nitrogens with one attached hydrogen (secondary N) is 1. The van der Waals surface area contributed by atoms with Gasteiger partial charge in [0.25, 0.3) is 0 Å². The number of aliphatic hydroxyl groups excluding tert-OH is 5. The van der Waals surface area contributed by atoms with E-state index in [9.17, 15) is 35.1 Å². The van der Waals surface area contributed by atoms with Crippen molar-refractivity contribution < 1.29 is 49.3 Å². The summed E-state index contributed by atoms with van der Waals surface area (Å²) in [6.07, 6.45) is 55.7. The van der Waals surface area contributed by atoms with Crippen LogP contribution in [0.4, 0.5) is 0 Å². The van der Waals surface area contributed by atoms with E-state index in [1.807, 2.05) is 30.4 Å². The minimum absolute atomic E-state index is 0.0353. The van der Waals surface area contributed by atoms with Crippen LogP contribution in [0.25, 0.3) is 0 Å². The lowest BCUT2D eigenvalue weighted by Gasteiger charge is -2.41. The third-order valence-electron chi connectivity index (χ3n) is 12.7. The number of esters is 1. The Morgan fingerprint density at radius 1 is 0.534 bits per heavy atom. The molecule has 0 aromatic heterocycles. The minimum atomic E-state index is -1.65. The molecule has 8 unspecified atom stereocenters. The Labute approximate surface area is 443 Å². The molecule has 416 valence electrons.